The molecule has 0 saturated carbocycles. The van der Waals surface area contributed by atoms with E-state index in [4.69, 9.17) is 0 Å². The van der Waals surface area contributed by atoms with Crippen LogP contribution in [0.25, 0.3) is 0 Å². The average molecular weight is 263 g/mol. The van der Waals surface area contributed by atoms with Gasteiger partial charge in [-0.3, -0.25) is 4.90 Å². The molecule has 0 amide bonds. The van der Waals surface area contributed by atoms with Crippen LogP contribution in [-0.4, -0.2) is 57.4 Å². The molecule has 1 N–H and O–H groups in total. The molecule has 6 heteroatoms. The van der Waals surface area contributed by atoms with Crippen LogP contribution in [-0.2, 0) is 10.2 Å². The van der Waals surface area contributed by atoms with Crippen LogP contribution in [0.15, 0.2) is 0 Å². The zero-order chi connectivity index (χ0) is 13.1. The lowest BCUT2D eigenvalue weighted by Gasteiger charge is -2.35. The van der Waals surface area contributed by atoms with E-state index in [-0.39, 0.29) is 6.04 Å². The summed E-state index contributed by atoms with van der Waals surface area (Å²) in [7, 11) is -0.211. The first-order chi connectivity index (χ1) is 7.83. The highest BCUT2D eigenvalue weighted by atomic mass is 32.2. The number of hydrogen-bond donors (Lipinski definition) is 1. The van der Waals surface area contributed by atoms with E-state index in [1.54, 1.807) is 0 Å². The molecule has 0 aromatic rings. The fourth-order valence-corrected chi connectivity index (χ4v) is 2.66. The van der Waals surface area contributed by atoms with Crippen molar-refractivity contribution >= 4 is 10.2 Å². The molecule has 1 atom stereocenters. The maximum atomic E-state index is 11.6. The maximum Gasteiger partial charge on any atom is 0.278 e. The van der Waals surface area contributed by atoms with Gasteiger partial charge in [0.1, 0.15) is 0 Å². The van der Waals surface area contributed by atoms with Crippen molar-refractivity contribution in [3.8, 4) is 0 Å². The zero-order valence-electron chi connectivity index (χ0n) is 11.3. The molecular weight excluding hydrogens is 238 g/mol. The SMILES string of the molecule is CC1CCN(C(C)CNS(=O)(=O)N(C)C)CC1. The summed E-state index contributed by atoms with van der Waals surface area (Å²) >= 11 is 0. The summed E-state index contributed by atoms with van der Waals surface area (Å²) in [4.78, 5) is 2.36. The zero-order valence-corrected chi connectivity index (χ0v) is 12.1. The molecule has 5 nitrogen and oxygen atoms in total. The molecule has 1 aliphatic heterocycles. The summed E-state index contributed by atoms with van der Waals surface area (Å²) in [5.41, 5.74) is 0. The van der Waals surface area contributed by atoms with Crippen LogP contribution < -0.4 is 4.72 Å². The Labute approximate surface area is 105 Å². The maximum absolute atomic E-state index is 11.6. The third-order valence-electron chi connectivity index (χ3n) is 3.48. The quantitative estimate of drug-likeness (QED) is 0.786. The van der Waals surface area contributed by atoms with Crippen LogP contribution in [0.2, 0.25) is 0 Å². The Morgan fingerprint density at radius 3 is 2.35 bits per heavy atom. The second-order valence-electron chi connectivity index (χ2n) is 5.20. The van der Waals surface area contributed by atoms with Crippen LogP contribution >= 0.6 is 0 Å². The summed E-state index contributed by atoms with van der Waals surface area (Å²) in [6.07, 6.45) is 2.43. The van der Waals surface area contributed by atoms with Crippen molar-refractivity contribution in [2.24, 2.45) is 5.92 Å². The highest BCUT2D eigenvalue weighted by Crippen LogP contribution is 2.17. The van der Waals surface area contributed by atoms with Crippen molar-refractivity contribution in [2.45, 2.75) is 32.7 Å². The molecule has 1 heterocycles. The Morgan fingerprint density at radius 2 is 1.88 bits per heavy atom. The largest absolute Gasteiger partial charge is 0.299 e. The Balaban J connectivity index is 2.37. The third kappa shape index (κ3) is 4.54. The first kappa shape index (κ1) is 14.9. The van der Waals surface area contributed by atoms with Gasteiger partial charge in [0, 0.05) is 26.7 Å². The van der Waals surface area contributed by atoms with Gasteiger partial charge < -0.3 is 0 Å². The molecule has 1 rings (SSSR count). The number of piperidine rings is 1. The molecule has 0 aromatic carbocycles. The fourth-order valence-electron chi connectivity index (χ4n) is 1.95. The van der Waals surface area contributed by atoms with E-state index < -0.39 is 10.2 Å². The van der Waals surface area contributed by atoms with Gasteiger partial charge in [-0.1, -0.05) is 6.92 Å². The van der Waals surface area contributed by atoms with E-state index in [9.17, 15) is 8.42 Å². The minimum Gasteiger partial charge on any atom is -0.299 e. The molecule has 1 saturated heterocycles. The first-order valence-electron chi connectivity index (χ1n) is 6.24. The van der Waals surface area contributed by atoms with Crippen LogP contribution in [0.1, 0.15) is 26.7 Å². The van der Waals surface area contributed by atoms with Gasteiger partial charge in [-0.15, -0.1) is 0 Å². The minimum atomic E-state index is -3.29. The van der Waals surface area contributed by atoms with Gasteiger partial charge in [-0.05, 0) is 38.8 Å². The van der Waals surface area contributed by atoms with E-state index in [0.717, 1.165) is 19.0 Å². The molecular formula is C11H25N3O2S. The van der Waals surface area contributed by atoms with Gasteiger partial charge in [-0.2, -0.15) is 12.7 Å². The summed E-state index contributed by atoms with van der Waals surface area (Å²) in [5.74, 6) is 0.803. The lowest BCUT2D eigenvalue weighted by molar-refractivity contribution is 0.148. The van der Waals surface area contributed by atoms with Gasteiger partial charge in [-0.25, -0.2) is 4.72 Å². The molecule has 102 valence electrons. The number of hydrogen-bond acceptors (Lipinski definition) is 3. The monoisotopic (exact) mass is 263 g/mol. The lowest BCUT2D eigenvalue weighted by Crippen LogP contribution is -2.47. The Hall–Kier alpha value is -0.170. The van der Waals surface area contributed by atoms with E-state index in [0.29, 0.717) is 6.54 Å². The fraction of sp³-hybridized carbons (Fsp3) is 1.00. The Bertz CT molecular complexity index is 322. The molecule has 0 aromatic heterocycles. The standard InChI is InChI=1S/C11H25N3O2S/c1-10-5-7-14(8-6-10)11(2)9-12-17(15,16)13(3)4/h10-12H,5-9H2,1-4H3. The van der Waals surface area contributed by atoms with Gasteiger partial charge >= 0.3 is 0 Å². The molecule has 17 heavy (non-hydrogen) atoms. The second-order valence-corrected chi connectivity index (χ2v) is 7.17. The van der Waals surface area contributed by atoms with E-state index in [1.807, 2.05) is 0 Å². The predicted octanol–water partition coefficient (Wildman–Crippen LogP) is 0.503. The smallest absolute Gasteiger partial charge is 0.278 e. The highest BCUT2D eigenvalue weighted by Gasteiger charge is 2.22. The Kier molecular flexibility index (Phi) is 5.37. The lowest BCUT2D eigenvalue weighted by atomic mass is 9.98. The van der Waals surface area contributed by atoms with Crippen LogP contribution in [0.4, 0.5) is 0 Å². The van der Waals surface area contributed by atoms with E-state index >= 15 is 0 Å². The Morgan fingerprint density at radius 1 is 1.35 bits per heavy atom. The van der Waals surface area contributed by atoms with E-state index in [1.165, 1.54) is 31.2 Å². The molecule has 0 spiro atoms. The first-order valence-corrected chi connectivity index (χ1v) is 7.68. The molecule has 1 unspecified atom stereocenters. The molecule has 1 fully saturated rings. The third-order valence-corrected chi connectivity index (χ3v) is 4.98. The molecule has 1 aliphatic rings. The van der Waals surface area contributed by atoms with E-state index in [2.05, 4.69) is 23.5 Å². The summed E-state index contributed by atoms with van der Waals surface area (Å²) in [6.45, 7) is 6.98. The van der Waals surface area contributed by atoms with Crippen molar-refractivity contribution in [1.82, 2.24) is 13.9 Å². The number of rotatable bonds is 5. The predicted molar refractivity (Wildman–Crippen MR) is 70.0 cm³/mol. The van der Waals surface area contributed by atoms with Gasteiger partial charge in [0.2, 0.25) is 0 Å². The van der Waals surface area contributed by atoms with Gasteiger partial charge in [0.15, 0.2) is 0 Å². The molecule has 0 radical (unpaired) electrons. The van der Waals surface area contributed by atoms with Crippen molar-refractivity contribution < 1.29 is 8.42 Å². The van der Waals surface area contributed by atoms with Crippen molar-refractivity contribution in [3.63, 3.8) is 0 Å². The minimum absolute atomic E-state index is 0.261. The highest BCUT2D eigenvalue weighted by molar-refractivity contribution is 7.87. The topological polar surface area (TPSA) is 52.7 Å². The van der Waals surface area contributed by atoms with Crippen LogP contribution in [0.5, 0.6) is 0 Å². The van der Waals surface area contributed by atoms with Crippen molar-refractivity contribution in [1.29, 1.82) is 0 Å². The normalized spacial score (nSPS) is 21.9. The van der Waals surface area contributed by atoms with Gasteiger partial charge in [0.25, 0.3) is 10.2 Å². The van der Waals surface area contributed by atoms with Gasteiger partial charge in [0.05, 0.1) is 0 Å². The average Bonchev–Trinajstić information content (AvgIpc) is 2.27. The second kappa shape index (κ2) is 6.13. The number of nitrogens with one attached hydrogen (secondary N) is 1. The summed E-state index contributed by atoms with van der Waals surface area (Å²) < 4.78 is 27.0. The summed E-state index contributed by atoms with van der Waals surface area (Å²) in [6, 6.07) is 0.261. The number of nitrogens with zero attached hydrogens (tertiary/aromatic N) is 2. The number of likely N-dealkylation sites (tertiary alicyclic amines) is 1. The van der Waals surface area contributed by atoms with Crippen LogP contribution in [0.3, 0.4) is 0 Å². The molecule has 0 aliphatic carbocycles. The van der Waals surface area contributed by atoms with Crippen molar-refractivity contribution in [2.75, 3.05) is 33.7 Å². The summed E-state index contributed by atoms with van der Waals surface area (Å²) in [5, 5.41) is 0. The molecule has 0 bridgehead atoms. The van der Waals surface area contributed by atoms with Crippen LogP contribution in [0, 0.1) is 5.92 Å². The van der Waals surface area contributed by atoms with Crippen molar-refractivity contribution in [3.05, 3.63) is 0 Å².